The number of H-pyrrole nitrogens is 1. The number of aromatic nitrogens is 3. The van der Waals surface area contributed by atoms with Crippen molar-refractivity contribution in [1.82, 2.24) is 25.0 Å². The first-order valence-electron chi connectivity index (χ1n) is 10.8. The van der Waals surface area contributed by atoms with Crippen molar-refractivity contribution < 1.29 is 4.79 Å². The molecule has 0 saturated carbocycles. The van der Waals surface area contributed by atoms with E-state index < -0.39 is 0 Å². The lowest BCUT2D eigenvalue weighted by Gasteiger charge is -2.47. The molecule has 29 heavy (non-hydrogen) atoms. The van der Waals surface area contributed by atoms with Gasteiger partial charge in [0.15, 0.2) is 0 Å². The third-order valence-electron chi connectivity index (χ3n) is 6.58. The van der Waals surface area contributed by atoms with Crippen LogP contribution in [0.5, 0.6) is 0 Å². The second kappa shape index (κ2) is 7.90. The van der Waals surface area contributed by atoms with E-state index in [-0.39, 0.29) is 10.8 Å². The zero-order chi connectivity index (χ0) is 20.5. The molecule has 0 radical (unpaired) electrons. The molecular formula is C23H33N5O. The number of aromatic amines is 1. The molecule has 1 spiro atoms. The third kappa shape index (κ3) is 4.69. The van der Waals surface area contributed by atoms with Crippen LogP contribution >= 0.6 is 0 Å². The molecule has 1 amide bonds. The van der Waals surface area contributed by atoms with Gasteiger partial charge in [0, 0.05) is 49.6 Å². The number of likely N-dealkylation sites (tertiary alicyclic amines) is 2. The Labute approximate surface area is 173 Å². The van der Waals surface area contributed by atoms with Crippen molar-refractivity contribution in [3.05, 3.63) is 47.5 Å². The monoisotopic (exact) mass is 395 g/mol. The number of pyridine rings is 1. The minimum Gasteiger partial charge on any atom is -0.338 e. The highest BCUT2D eigenvalue weighted by atomic mass is 16.2. The van der Waals surface area contributed by atoms with E-state index in [1.54, 1.807) is 12.4 Å². The number of hydrogen-bond donors (Lipinski definition) is 1. The van der Waals surface area contributed by atoms with Crippen molar-refractivity contribution in [3.63, 3.8) is 0 Å². The SMILES string of the molecule is CC(C)(C)c1cc(CN2CCC3(CCC(=O)N(Cc4ccncc4)C3)CC2)[nH]n1. The van der Waals surface area contributed by atoms with E-state index in [4.69, 9.17) is 0 Å². The van der Waals surface area contributed by atoms with Gasteiger partial charge in [-0.2, -0.15) is 5.10 Å². The van der Waals surface area contributed by atoms with E-state index in [0.29, 0.717) is 18.9 Å². The zero-order valence-corrected chi connectivity index (χ0v) is 17.9. The van der Waals surface area contributed by atoms with Crippen LogP contribution in [0, 0.1) is 5.41 Å². The van der Waals surface area contributed by atoms with Crippen molar-refractivity contribution in [2.24, 2.45) is 5.41 Å². The van der Waals surface area contributed by atoms with E-state index in [0.717, 1.165) is 56.7 Å². The van der Waals surface area contributed by atoms with E-state index in [1.807, 2.05) is 12.1 Å². The van der Waals surface area contributed by atoms with Crippen LogP contribution in [0.4, 0.5) is 0 Å². The summed E-state index contributed by atoms with van der Waals surface area (Å²) in [7, 11) is 0. The summed E-state index contributed by atoms with van der Waals surface area (Å²) >= 11 is 0. The van der Waals surface area contributed by atoms with Crippen LogP contribution < -0.4 is 0 Å². The maximum Gasteiger partial charge on any atom is 0.222 e. The standard InChI is InChI=1S/C23H33N5O/c1-22(2,3)20-14-19(25-26-20)16-27-12-8-23(9-13-27)7-4-21(29)28(17-23)15-18-5-10-24-11-6-18/h5-6,10-11,14H,4,7-9,12-13,15-17H2,1-3H3,(H,25,26). The summed E-state index contributed by atoms with van der Waals surface area (Å²) in [6, 6.07) is 6.22. The number of rotatable bonds is 4. The summed E-state index contributed by atoms with van der Waals surface area (Å²) in [5.74, 6) is 0.294. The van der Waals surface area contributed by atoms with Gasteiger partial charge < -0.3 is 4.90 Å². The highest BCUT2D eigenvalue weighted by Gasteiger charge is 2.40. The average molecular weight is 396 g/mol. The van der Waals surface area contributed by atoms with Crippen LogP contribution in [0.15, 0.2) is 30.6 Å². The van der Waals surface area contributed by atoms with Gasteiger partial charge in [0.05, 0.1) is 5.69 Å². The smallest absolute Gasteiger partial charge is 0.222 e. The minimum atomic E-state index is 0.0770. The van der Waals surface area contributed by atoms with Crippen LogP contribution in [0.25, 0.3) is 0 Å². The van der Waals surface area contributed by atoms with E-state index in [1.165, 1.54) is 5.69 Å². The first-order valence-corrected chi connectivity index (χ1v) is 10.8. The molecule has 0 aliphatic carbocycles. The Hall–Kier alpha value is -2.21. The van der Waals surface area contributed by atoms with Crippen LogP contribution in [0.1, 0.15) is 63.4 Å². The van der Waals surface area contributed by atoms with Gasteiger partial charge in [0.25, 0.3) is 0 Å². The van der Waals surface area contributed by atoms with Gasteiger partial charge in [-0.3, -0.25) is 19.8 Å². The Morgan fingerprint density at radius 1 is 1.10 bits per heavy atom. The topological polar surface area (TPSA) is 65.1 Å². The molecule has 6 nitrogen and oxygen atoms in total. The Balaban J connectivity index is 1.34. The molecule has 2 aliphatic heterocycles. The fourth-order valence-electron chi connectivity index (χ4n) is 4.62. The average Bonchev–Trinajstić information content (AvgIpc) is 3.17. The van der Waals surface area contributed by atoms with Gasteiger partial charge in [0.1, 0.15) is 0 Å². The van der Waals surface area contributed by atoms with Gasteiger partial charge in [0.2, 0.25) is 5.91 Å². The number of carbonyl (C=O) groups excluding carboxylic acids is 1. The van der Waals surface area contributed by atoms with E-state index in [2.05, 4.69) is 51.8 Å². The summed E-state index contributed by atoms with van der Waals surface area (Å²) < 4.78 is 0. The lowest BCUT2D eigenvalue weighted by Crippen LogP contribution is -2.51. The Bertz CT molecular complexity index is 830. The van der Waals surface area contributed by atoms with Gasteiger partial charge in [-0.15, -0.1) is 0 Å². The normalized spacial score (nSPS) is 20.4. The summed E-state index contributed by atoms with van der Waals surface area (Å²) in [5, 5.41) is 7.72. The summed E-state index contributed by atoms with van der Waals surface area (Å²) in [6.45, 7) is 11.3. The molecule has 0 atom stereocenters. The number of carbonyl (C=O) groups is 1. The number of nitrogens with one attached hydrogen (secondary N) is 1. The Kier molecular flexibility index (Phi) is 5.47. The van der Waals surface area contributed by atoms with Crippen molar-refractivity contribution in [2.75, 3.05) is 19.6 Å². The largest absolute Gasteiger partial charge is 0.338 e. The summed E-state index contributed by atoms with van der Waals surface area (Å²) in [4.78, 5) is 21.2. The van der Waals surface area contributed by atoms with Crippen molar-refractivity contribution in [1.29, 1.82) is 0 Å². The van der Waals surface area contributed by atoms with E-state index >= 15 is 0 Å². The lowest BCUT2D eigenvalue weighted by atomic mass is 9.72. The molecule has 0 aromatic carbocycles. The molecule has 1 N–H and O–H groups in total. The summed E-state index contributed by atoms with van der Waals surface area (Å²) in [5.41, 5.74) is 3.84. The molecule has 0 unspecified atom stereocenters. The maximum atomic E-state index is 12.5. The lowest BCUT2D eigenvalue weighted by molar-refractivity contribution is -0.140. The molecule has 2 aromatic heterocycles. The Morgan fingerprint density at radius 2 is 1.83 bits per heavy atom. The van der Waals surface area contributed by atoms with Crippen LogP contribution in [-0.2, 0) is 23.3 Å². The number of nitrogens with zero attached hydrogens (tertiary/aromatic N) is 4. The second-order valence-electron chi connectivity index (χ2n) is 9.91. The molecular weight excluding hydrogens is 362 g/mol. The van der Waals surface area contributed by atoms with Crippen molar-refractivity contribution >= 4 is 5.91 Å². The quantitative estimate of drug-likeness (QED) is 0.860. The van der Waals surface area contributed by atoms with Crippen LogP contribution in [0.2, 0.25) is 0 Å². The number of hydrogen-bond acceptors (Lipinski definition) is 4. The predicted octanol–water partition coefficient (Wildman–Crippen LogP) is 3.51. The highest BCUT2D eigenvalue weighted by molar-refractivity contribution is 5.77. The first kappa shape index (κ1) is 20.1. The molecule has 2 aromatic rings. The molecule has 2 saturated heterocycles. The third-order valence-corrected chi connectivity index (χ3v) is 6.58. The molecule has 2 aliphatic rings. The maximum absolute atomic E-state index is 12.5. The molecule has 156 valence electrons. The van der Waals surface area contributed by atoms with E-state index in [9.17, 15) is 4.79 Å². The highest BCUT2D eigenvalue weighted by Crippen LogP contribution is 2.40. The zero-order valence-electron chi connectivity index (χ0n) is 17.9. The minimum absolute atomic E-state index is 0.0770. The van der Waals surface area contributed by atoms with Crippen LogP contribution in [-0.4, -0.2) is 50.5 Å². The number of piperidine rings is 2. The summed E-state index contributed by atoms with van der Waals surface area (Å²) in [6.07, 6.45) is 7.64. The molecule has 0 bridgehead atoms. The molecule has 4 heterocycles. The van der Waals surface area contributed by atoms with Crippen molar-refractivity contribution in [2.45, 2.75) is 65.0 Å². The predicted molar refractivity (Wildman–Crippen MR) is 113 cm³/mol. The van der Waals surface area contributed by atoms with Gasteiger partial charge in [-0.1, -0.05) is 20.8 Å². The fourth-order valence-corrected chi connectivity index (χ4v) is 4.62. The fraction of sp³-hybridized carbons (Fsp3) is 0.609. The molecule has 2 fully saturated rings. The Morgan fingerprint density at radius 3 is 2.48 bits per heavy atom. The first-order chi connectivity index (χ1) is 13.8. The molecule has 6 heteroatoms. The van der Waals surface area contributed by atoms with Gasteiger partial charge >= 0.3 is 0 Å². The number of amides is 1. The second-order valence-corrected chi connectivity index (χ2v) is 9.91. The van der Waals surface area contributed by atoms with Gasteiger partial charge in [-0.25, -0.2) is 0 Å². The van der Waals surface area contributed by atoms with Crippen LogP contribution in [0.3, 0.4) is 0 Å². The molecule has 4 rings (SSSR count). The van der Waals surface area contributed by atoms with Crippen molar-refractivity contribution in [3.8, 4) is 0 Å². The van der Waals surface area contributed by atoms with Gasteiger partial charge in [-0.05, 0) is 61.5 Å².